The van der Waals surface area contributed by atoms with E-state index in [1.807, 2.05) is 34.9 Å². The minimum atomic E-state index is -0.899. The first-order valence-electron chi connectivity index (χ1n) is 6.61. The highest BCUT2D eigenvalue weighted by Crippen LogP contribution is 2.21. The molecule has 0 amide bonds. The number of imidazole rings is 1. The molecule has 2 rings (SSSR count). The van der Waals surface area contributed by atoms with Gasteiger partial charge in [0.05, 0.1) is 12.1 Å². The quantitative estimate of drug-likeness (QED) is 0.890. The van der Waals surface area contributed by atoms with E-state index in [-0.39, 0.29) is 6.42 Å². The molecule has 0 fully saturated rings. The minimum absolute atomic E-state index is 0.109. The molecule has 0 radical (unpaired) electrons. The Balaban J connectivity index is 2.38. The van der Waals surface area contributed by atoms with E-state index in [2.05, 4.69) is 11.9 Å². The highest BCUT2D eigenvalue weighted by Gasteiger charge is 2.17. The summed E-state index contributed by atoms with van der Waals surface area (Å²) in [5, 5.41) is 9.32. The third kappa shape index (κ3) is 3.39. The fraction of sp³-hybridized carbons (Fsp3) is 0.333. The van der Waals surface area contributed by atoms with E-state index in [1.165, 1.54) is 0 Å². The first-order valence-corrected chi connectivity index (χ1v) is 6.99. The Morgan fingerprint density at radius 3 is 2.65 bits per heavy atom. The topological polar surface area (TPSA) is 55.1 Å². The van der Waals surface area contributed by atoms with Crippen molar-refractivity contribution in [3.05, 3.63) is 52.6 Å². The fourth-order valence-electron chi connectivity index (χ4n) is 2.18. The lowest BCUT2D eigenvalue weighted by Crippen LogP contribution is -2.12. The third-order valence-corrected chi connectivity index (χ3v) is 3.38. The smallest absolute Gasteiger partial charge is 0.309 e. The van der Waals surface area contributed by atoms with Crippen molar-refractivity contribution >= 4 is 17.6 Å². The van der Waals surface area contributed by atoms with Crippen molar-refractivity contribution in [3.8, 4) is 0 Å². The van der Waals surface area contributed by atoms with Crippen LogP contribution in [-0.4, -0.2) is 20.6 Å². The zero-order valence-corrected chi connectivity index (χ0v) is 12.1. The van der Waals surface area contributed by atoms with Crippen LogP contribution in [0.25, 0.3) is 0 Å². The Hall–Kier alpha value is -1.81. The predicted molar refractivity (Wildman–Crippen MR) is 78.1 cm³/mol. The number of benzene rings is 1. The van der Waals surface area contributed by atoms with Crippen molar-refractivity contribution in [2.45, 2.75) is 32.7 Å². The SMILES string of the molecule is CCCc1nc(Cl)c(CC(=O)O)n1Cc1ccccc1. The summed E-state index contributed by atoms with van der Waals surface area (Å²) < 4.78 is 1.93. The molecule has 5 heteroatoms. The second-order valence-corrected chi connectivity index (χ2v) is 5.02. The molecular weight excluding hydrogens is 276 g/mol. The Bertz CT molecular complexity index is 593. The molecule has 0 aliphatic carbocycles. The van der Waals surface area contributed by atoms with E-state index in [4.69, 9.17) is 16.7 Å². The molecule has 106 valence electrons. The van der Waals surface area contributed by atoms with Crippen molar-refractivity contribution in [2.75, 3.05) is 0 Å². The molecule has 0 aliphatic heterocycles. The van der Waals surface area contributed by atoms with E-state index < -0.39 is 5.97 Å². The average molecular weight is 293 g/mol. The first kappa shape index (κ1) is 14.6. The number of hydrogen-bond donors (Lipinski definition) is 1. The van der Waals surface area contributed by atoms with Gasteiger partial charge in [0.25, 0.3) is 0 Å². The third-order valence-electron chi connectivity index (χ3n) is 3.08. The lowest BCUT2D eigenvalue weighted by Gasteiger charge is -2.11. The molecule has 0 saturated carbocycles. The summed E-state index contributed by atoms with van der Waals surface area (Å²) in [6, 6.07) is 9.90. The highest BCUT2D eigenvalue weighted by atomic mass is 35.5. The first-order chi connectivity index (χ1) is 9.61. The van der Waals surface area contributed by atoms with Gasteiger partial charge in [-0.25, -0.2) is 4.98 Å². The van der Waals surface area contributed by atoms with Crippen LogP contribution in [0.15, 0.2) is 30.3 Å². The summed E-state index contributed by atoms with van der Waals surface area (Å²) >= 11 is 6.10. The van der Waals surface area contributed by atoms with Gasteiger partial charge in [-0.3, -0.25) is 4.79 Å². The minimum Gasteiger partial charge on any atom is -0.481 e. The van der Waals surface area contributed by atoms with Crippen molar-refractivity contribution in [1.29, 1.82) is 0 Å². The van der Waals surface area contributed by atoms with E-state index in [0.717, 1.165) is 24.2 Å². The van der Waals surface area contributed by atoms with E-state index in [9.17, 15) is 4.79 Å². The monoisotopic (exact) mass is 292 g/mol. The van der Waals surface area contributed by atoms with Gasteiger partial charge < -0.3 is 9.67 Å². The molecule has 20 heavy (non-hydrogen) atoms. The number of aromatic nitrogens is 2. The van der Waals surface area contributed by atoms with E-state index in [0.29, 0.717) is 17.4 Å². The van der Waals surface area contributed by atoms with E-state index >= 15 is 0 Å². The van der Waals surface area contributed by atoms with Crippen molar-refractivity contribution < 1.29 is 9.90 Å². The highest BCUT2D eigenvalue weighted by molar-refractivity contribution is 6.30. The lowest BCUT2D eigenvalue weighted by molar-refractivity contribution is -0.136. The van der Waals surface area contributed by atoms with Gasteiger partial charge >= 0.3 is 5.97 Å². The summed E-state index contributed by atoms with van der Waals surface area (Å²) in [6.07, 6.45) is 1.61. The molecule has 1 aromatic carbocycles. The number of aliphatic carboxylic acids is 1. The molecule has 0 saturated heterocycles. The summed E-state index contributed by atoms with van der Waals surface area (Å²) in [5.41, 5.74) is 1.68. The molecular formula is C15H17ClN2O2. The van der Waals surface area contributed by atoms with Gasteiger partial charge in [0.1, 0.15) is 5.82 Å². The maximum absolute atomic E-state index is 11.0. The van der Waals surface area contributed by atoms with E-state index in [1.54, 1.807) is 0 Å². The summed E-state index contributed by atoms with van der Waals surface area (Å²) in [5.74, 6) is -0.0539. The van der Waals surface area contributed by atoms with Crippen LogP contribution in [0.4, 0.5) is 0 Å². The van der Waals surface area contributed by atoms with Crippen molar-refractivity contribution in [2.24, 2.45) is 0 Å². The van der Waals surface area contributed by atoms with Gasteiger partial charge in [-0.1, -0.05) is 48.9 Å². The summed E-state index contributed by atoms with van der Waals surface area (Å²) in [7, 11) is 0. The molecule has 1 heterocycles. The van der Waals surface area contributed by atoms with Crippen LogP contribution in [0.2, 0.25) is 5.15 Å². The van der Waals surface area contributed by atoms with Crippen LogP contribution in [0.1, 0.15) is 30.4 Å². The molecule has 1 aromatic heterocycles. The number of carboxylic acid groups (broad SMARTS) is 1. The average Bonchev–Trinajstić information content (AvgIpc) is 2.68. The van der Waals surface area contributed by atoms with Crippen molar-refractivity contribution in [3.63, 3.8) is 0 Å². The Labute approximate surface area is 123 Å². The molecule has 4 nitrogen and oxygen atoms in total. The lowest BCUT2D eigenvalue weighted by atomic mass is 10.2. The molecule has 0 bridgehead atoms. The number of halogens is 1. The number of carboxylic acids is 1. The zero-order valence-electron chi connectivity index (χ0n) is 11.3. The Morgan fingerprint density at radius 1 is 1.35 bits per heavy atom. The maximum Gasteiger partial charge on any atom is 0.309 e. The molecule has 1 N–H and O–H groups in total. The fourth-order valence-corrected chi connectivity index (χ4v) is 2.45. The van der Waals surface area contributed by atoms with Gasteiger partial charge in [0.15, 0.2) is 5.15 Å². The standard InChI is InChI=1S/C15H17ClN2O2/c1-2-6-13-17-15(16)12(9-14(19)20)18(13)10-11-7-4-3-5-8-11/h3-5,7-8H,2,6,9-10H2,1H3,(H,19,20). The van der Waals surface area contributed by atoms with Crippen LogP contribution in [0, 0.1) is 0 Å². The van der Waals surface area contributed by atoms with Crippen molar-refractivity contribution in [1.82, 2.24) is 9.55 Å². The summed E-state index contributed by atoms with van der Waals surface area (Å²) in [6.45, 7) is 2.66. The molecule has 0 unspecified atom stereocenters. The van der Waals surface area contributed by atoms with Crippen LogP contribution < -0.4 is 0 Å². The number of nitrogens with zero attached hydrogens (tertiary/aromatic N) is 2. The second-order valence-electron chi connectivity index (χ2n) is 4.66. The Morgan fingerprint density at radius 2 is 2.05 bits per heavy atom. The number of aryl methyl sites for hydroxylation is 1. The number of rotatable bonds is 6. The molecule has 0 spiro atoms. The van der Waals surface area contributed by atoms with Gasteiger partial charge in [-0.15, -0.1) is 0 Å². The van der Waals surface area contributed by atoms with Crippen LogP contribution in [0.3, 0.4) is 0 Å². The van der Waals surface area contributed by atoms with Gasteiger partial charge in [0, 0.05) is 13.0 Å². The predicted octanol–water partition coefficient (Wildman–Crippen LogP) is 3.16. The maximum atomic E-state index is 11.0. The normalized spacial score (nSPS) is 10.7. The van der Waals surface area contributed by atoms with Gasteiger partial charge in [-0.05, 0) is 12.0 Å². The van der Waals surface area contributed by atoms with Crippen LogP contribution in [0.5, 0.6) is 0 Å². The van der Waals surface area contributed by atoms with Gasteiger partial charge in [0.2, 0.25) is 0 Å². The number of hydrogen-bond acceptors (Lipinski definition) is 2. The summed E-state index contributed by atoms with van der Waals surface area (Å²) in [4.78, 5) is 15.3. The van der Waals surface area contributed by atoms with Crippen LogP contribution in [-0.2, 0) is 24.2 Å². The second kappa shape index (κ2) is 6.57. The molecule has 0 aliphatic rings. The molecule has 0 atom stereocenters. The Kier molecular flexibility index (Phi) is 4.79. The van der Waals surface area contributed by atoms with Gasteiger partial charge in [-0.2, -0.15) is 0 Å². The number of carbonyl (C=O) groups is 1. The largest absolute Gasteiger partial charge is 0.481 e. The molecule has 2 aromatic rings. The van der Waals surface area contributed by atoms with Crippen LogP contribution >= 0.6 is 11.6 Å². The zero-order chi connectivity index (χ0) is 14.5.